The topological polar surface area (TPSA) is 85.0 Å². The number of nitrogens with zero attached hydrogens (tertiary/aromatic N) is 3. The Morgan fingerprint density at radius 1 is 1.32 bits per heavy atom. The van der Waals surface area contributed by atoms with Crippen LogP contribution in [0, 0.1) is 5.82 Å². The van der Waals surface area contributed by atoms with Gasteiger partial charge in [-0.2, -0.15) is 5.10 Å². The second kappa shape index (κ2) is 7.93. The van der Waals surface area contributed by atoms with Crippen LogP contribution in [-0.2, 0) is 33.0 Å². The van der Waals surface area contributed by atoms with Gasteiger partial charge in [0.1, 0.15) is 12.1 Å². The standard InChI is InChI=1S/C20H22FN5O2/c1-26-18-7-6-14(22-12-15-8-9-28-25-15)10-16(18)19(24-26)20(27)23-11-13-4-2-3-5-17(13)21/h2-5,8-9,14,22H,6-7,10-12H2,1H3,(H,23,27). The predicted molar refractivity (Wildman–Crippen MR) is 99.9 cm³/mol. The highest BCUT2D eigenvalue weighted by Gasteiger charge is 2.28. The average molecular weight is 383 g/mol. The molecular weight excluding hydrogens is 361 g/mol. The third-order valence-corrected chi connectivity index (χ3v) is 5.13. The lowest BCUT2D eigenvalue weighted by Crippen LogP contribution is -2.35. The zero-order valence-electron chi connectivity index (χ0n) is 15.6. The quantitative estimate of drug-likeness (QED) is 0.681. The number of carbonyl (C=O) groups excluding carboxylic acids is 1. The van der Waals surface area contributed by atoms with E-state index in [2.05, 4.69) is 20.9 Å². The van der Waals surface area contributed by atoms with Crippen molar-refractivity contribution in [2.75, 3.05) is 0 Å². The predicted octanol–water partition coefficient (Wildman–Crippen LogP) is 2.12. The van der Waals surface area contributed by atoms with Gasteiger partial charge >= 0.3 is 0 Å². The van der Waals surface area contributed by atoms with Crippen LogP contribution in [0.15, 0.2) is 41.1 Å². The van der Waals surface area contributed by atoms with E-state index in [-0.39, 0.29) is 24.3 Å². The third-order valence-electron chi connectivity index (χ3n) is 5.13. The fraction of sp³-hybridized carbons (Fsp3) is 0.350. The molecule has 0 fully saturated rings. The molecule has 2 heterocycles. The summed E-state index contributed by atoms with van der Waals surface area (Å²) in [5.41, 5.74) is 3.75. The van der Waals surface area contributed by atoms with Crippen molar-refractivity contribution in [3.8, 4) is 0 Å². The van der Waals surface area contributed by atoms with Crippen LogP contribution in [0.2, 0.25) is 0 Å². The summed E-state index contributed by atoms with van der Waals surface area (Å²) in [4.78, 5) is 12.7. The average Bonchev–Trinajstić information content (AvgIpc) is 3.33. The summed E-state index contributed by atoms with van der Waals surface area (Å²) in [6.07, 6.45) is 4.06. The van der Waals surface area contributed by atoms with Crippen LogP contribution < -0.4 is 10.6 Å². The summed E-state index contributed by atoms with van der Waals surface area (Å²) in [7, 11) is 1.86. The van der Waals surface area contributed by atoms with Gasteiger partial charge in [-0.15, -0.1) is 0 Å². The highest BCUT2D eigenvalue weighted by Crippen LogP contribution is 2.24. The Kier molecular flexibility index (Phi) is 5.21. The van der Waals surface area contributed by atoms with Crippen molar-refractivity contribution >= 4 is 5.91 Å². The van der Waals surface area contributed by atoms with Crippen LogP contribution in [0.25, 0.3) is 0 Å². The second-order valence-corrected chi connectivity index (χ2v) is 6.98. The van der Waals surface area contributed by atoms with Crippen LogP contribution in [0.1, 0.15) is 39.4 Å². The van der Waals surface area contributed by atoms with Crippen LogP contribution in [0.5, 0.6) is 0 Å². The van der Waals surface area contributed by atoms with E-state index in [0.29, 0.717) is 24.2 Å². The molecule has 1 amide bonds. The van der Waals surface area contributed by atoms with Crippen molar-refractivity contribution < 1.29 is 13.7 Å². The molecule has 28 heavy (non-hydrogen) atoms. The van der Waals surface area contributed by atoms with E-state index in [1.54, 1.807) is 29.1 Å². The summed E-state index contributed by atoms with van der Waals surface area (Å²) >= 11 is 0. The molecule has 2 aromatic heterocycles. The third kappa shape index (κ3) is 3.82. The normalized spacial score (nSPS) is 16.0. The van der Waals surface area contributed by atoms with E-state index in [0.717, 1.165) is 29.8 Å². The summed E-state index contributed by atoms with van der Waals surface area (Å²) in [5.74, 6) is -0.611. The lowest BCUT2D eigenvalue weighted by molar-refractivity contribution is 0.0943. The number of carbonyl (C=O) groups is 1. The van der Waals surface area contributed by atoms with Crippen molar-refractivity contribution in [3.05, 3.63) is 70.6 Å². The number of rotatable bonds is 6. The Morgan fingerprint density at radius 2 is 2.18 bits per heavy atom. The van der Waals surface area contributed by atoms with E-state index >= 15 is 0 Å². The maximum atomic E-state index is 13.8. The van der Waals surface area contributed by atoms with Gasteiger partial charge in [-0.05, 0) is 25.3 Å². The van der Waals surface area contributed by atoms with Gasteiger partial charge in [-0.3, -0.25) is 9.48 Å². The lowest BCUT2D eigenvalue weighted by atomic mass is 9.91. The van der Waals surface area contributed by atoms with Crippen molar-refractivity contribution in [2.45, 2.75) is 38.4 Å². The summed E-state index contributed by atoms with van der Waals surface area (Å²) in [5, 5.41) is 14.6. The lowest BCUT2D eigenvalue weighted by Gasteiger charge is -2.23. The van der Waals surface area contributed by atoms with Crippen LogP contribution in [-0.4, -0.2) is 26.9 Å². The zero-order valence-corrected chi connectivity index (χ0v) is 15.6. The molecule has 1 aliphatic carbocycles. The summed E-state index contributed by atoms with van der Waals surface area (Å²) in [6.45, 7) is 0.746. The van der Waals surface area contributed by atoms with E-state index in [1.807, 2.05) is 13.1 Å². The molecule has 2 N–H and O–H groups in total. The minimum Gasteiger partial charge on any atom is -0.364 e. The largest absolute Gasteiger partial charge is 0.364 e. The summed E-state index contributed by atoms with van der Waals surface area (Å²) < 4.78 is 20.4. The van der Waals surface area contributed by atoms with Crippen molar-refractivity contribution in [1.82, 2.24) is 25.6 Å². The molecule has 1 aliphatic rings. The number of halogens is 1. The molecule has 0 saturated carbocycles. The highest BCUT2D eigenvalue weighted by atomic mass is 19.1. The van der Waals surface area contributed by atoms with Gasteiger partial charge in [-0.1, -0.05) is 23.4 Å². The SMILES string of the molecule is Cn1nc(C(=O)NCc2ccccc2F)c2c1CCC(NCc1ccon1)C2. The van der Waals surface area contributed by atoms with E-state index in [9.17, 15) is 9.18 Å². The Morgan fingerprint density at radius 3 is 2.96 bits per heavy atom. The Labute approximate surface area is 161 Å². The van der Waals surface area contributed by atoms with E-state index in [1.165, 1.54) is 6.07 Å². The first-order valence-electron chi connectivity index (χ1n) is 9.31. The Hall–Kier alpha value is -3.00. The highest BCUT2D eigenvalue weighted by molar-refractivity contribution is 5.94. The Balaban J connectivity index is 1.44. The van der Waals surface area contributed by atoms with Crippen LogP contribution in [0.4, 0.5) is 4.39 Å². The number of benzene rings is 1. The smallest absolute Gasteiger partial charge is 0.272 e. The number of aromatic nitrogens is 3. The molecule has 8 heteroatoms. The molecule has 0 saturated heterocycles. The minimum atomic E-state index is -0.331. The van der Waals surface area contributed by atoms with Crippen LogP contribution >= 0.6 is 0 Å². The Bertz CT molecular complexity index is 967. The maximum absolute atomic E-state index is 13.8. The first-order chi connectivity index (χ1) is 13.6. The first-order valence-corrected chi connectivity index (χ1v) is 9.31. The molecule has 0 spiro atoms. The number of nitrogens with one attached hydrogen (secondary N) is 2. The minimum absolute atomic E-state index is 0.130. The number of fused-ring (bicyclic) bond motifs is 1. The second-order valence-electron chi connectivity index (χ2n) is 6.98. The van der Waals surface area contributed by atoms with Gasteiger partial charge in [0.15, 0.2) is 5.69 Å². The van der Waals surface area contributed by atoms with Crippen LogP contribution in [0.3, 0.4) is 0 Å². The van der Waals surface area contributed by atoms with Gasteiger partial charge in [0, 0.05) is 49.1 Å². The molecule has 4 rings (SSSR count). The van der Waals surface area contributed by atoms with Crippen molar-refractivity contribution in [2.24, 2.45) is 7.05 Å². The van der Waals surface area contributed by atoms with Gasteiger partial charge < -0.3 is 15.2 Å². The van der Waals surface area contributed by atoms with E-state index in [4.69, 9.17) is 4.52 Å². The first kappa shape index (κ1) is 18.4. The van der Waals surface area contributed by atoms with E-state index < -0.39 is 0 Å². The molecule has 146 valence electrons. The number of amides is 1. The zero-order chi connectivity index (χ0) is 19.5. The molecule has 1 unspecified atom stereocenters. The van der Waals surface area contributed by atoms with Crippen molar-refractivity contribution in [1.29, 1.82) is 0 Å². The molecule has 7 nitrogen and oxygen atoms in total. The van der Waals surface area contributed by atoms with Gasteiger partial charge in [0.05, 0.1) is 5.69 Å². The maximum Gasteiger partial charge on any atom is 0.272 e. The summed E-state index contributed by atoms with van der Waals surface area (Å²) in [6, 6.07) is 8.47. The van der Waals surface area contributed by atoms with Gasteiger partial charge in [0.25, 0.3) is 5.91 Å². The number of hydrogen-bond acceptors (Lipinski definition) is 5. The molecule has 1 atom stereocenters. The molecule has 1 aromatic carbocycles. The molecule has 3 aromatic rings. The number of hydrogen-bond donors (Lipinski definition) is 2. The fourth-order valence-corrected chi connectivity index (χ4v) is 3.62. The molecular formula is C20H22FN5O2. The molecule has 0 bridgehead atoms. The monoisotopic (exact) mass is 383 g/mol. The number of aryl methyl sites for hydroxylation is 1. The van der Waals surface area contributed by atoms with Gasteiger partial charge in [0.2, 0.25) is 0 Å². The van der Waals surface area contributed by atoms with Gasteiger partial charge in [-0.25, -0.2) is 4.39 Å². The van der Waals surface area contributed by atoms with Crippen molar-refractivity contribution in [3.63, 3.8) is 0 Å². The molecule has 0 radical (unpaired) electrons. The molecule has 0 aliphatic heterocycles. The fourth-order valence-electron chi connectivity index (χ4n) is 3.62.